The van der Waals surface area contributed by atoms with E-state index in [-0.39, 0.29) is 4.90 Å². The summed E-state index contributed by atoms with van der Waals surface area (Å²) in [6.07, 6.45) is 0. The largest absolute Gasteiger partial charge is 0.395 e. The number of aliphatic hydroxyl groups excluding tert-OH is 1. The lowest BCUT2D eigenvalue weighted by Crippen LogP contribution is -2.18. The molecule has 0 amide bonds. The monoisotopic (exact) mass is 405 g/mol. The molecule has 0 aliphatic heterocycles. The predicted molar refractivity (Wildman–Crippen MR) is 94.2 cm³/mol. The topological polar surface area (TPSA) is 78.2 Å². The molecule has 3 rings (SSSR count). The first kappa shape index (κ1) is 17.2. The number of aliphatic hydroxyl groups is 1. The summed E-state index contributed by atoms with van der Waals surface area (Å²) in [5.41, 5.74) is 0.412. The van der Waals surface area contributed by atoms with Gasteiger partial charge in [-0.05, 0) is 36.8 Å². The molecule has 0 heterocycles. The van der Waals surface area contributed by atoms with E-state index in [9.17, 15) is 18.8 Å². The molecule has 6 heteroatoms. The van der Waals surface area contributed by atoms with Crippen LogP contribution in [0.2, 0.25) is 0 Å². The van der Waals surface area contributed by atoms with Crippen LogP contribution < -0.4 is 0 Å². The van der Waals surface area contributed by atoms with Gasteiger partial charge in [0.15, 0.2) is 9.84 Å². The average Bonchev–Trinajstić information content (AvgIpc) is 3.26. The van der Waals surface area contributed by atoms with Gasteiger partial charge in [-0.1, -0.05) is 45.8 Å². The summed E-state index contributed by atoms with van der Waals surface area (Å²) in [4.78, 5) is 0.186. The highest BCUT2D eigenvalue weighted by atomic mass is 79.9. The predicted octanol–water partition coefficient (Wildman–Crippen LogP) is 3.20. The molecule has 0 aromatic heterocycles. The second-order valence-corrected chi connectivity index (χ2v) is 9.10. The van der Waals surface area contributed by atoms with Crippen molar-refractivity contribution in [3.8, 4) is 6.07 Å². The fraction of sp³-hybridized carbons (Fsp3) is 0.278. The zero-order valence-electron chi connectivity index (χ0n) is 13.0. The van der Waals surface area contributed by atoms with E-state index in [1.54, 1.807) is 36.4 Å². The number of rotatable bonds is 4. The minimum atomic E-state index is -3.72. The summed E-state index contributed by atoms with van der Waals surface area (Å²) in [5, 5.41) is 18.4. The fourth-order valence-corrected chi connectivity index (χ4v) is 5.81. The smallest absolute Gasteiger partial charge is 0.183 e. The molecule has 2 aromatic rings. The molecule has 0 radical (unpaired) electrons. The number of sulfone groups is 1. The third-order valence-corrected chi connectivity index (χ3v) is 7.46. The zero-order chi connectivity index (χ0) is 17.5. The van der Waals surface area contributed by atoms with Crippen LogP contribution in [-0.2, 0) is 9.84 Å². The van der Waals surface area contributed by atoms with Gasteiger partial charge in [0.2, 0.25) is 0 Å². The van der Waals surface area contributed by atoms with Gasteiger partial charge in [-0.25, -0.2) is 8.42 Å². The molecule has 24 heavy (non-hydrogen) atoms. The number of hydrogen-bond acceptors (Lipinski definition) is 4. The van der Waals surface area contributed by atoms with Crippen molar-refractivity contribution in [1.82, 2.24) is 0 Å². The van der Waals surface area contributed by atoms with Crippen molar-refractivity contribution in [2.75, 3.05) is 6.61 Å². The molecule has 0 unspecified atom stereocenters. The van der Waals surface area contributed by atoms with Crippen LogP contribution in [0.15, 0.2) is 57.9 Å². The van der Waals surface area contributed by atoms with Gasteiger partial charge in [0.05, 0.1) is 22.8 Å². The van der Waals surface area contributed by atoms with Gasteiger partial charge in [-0.3, -0.25) is 0 Å². The molecule has 1 aliphatic carbocycles. The van der Waals surface area contributed by atoms with E-state index in [0.717, 1.165) is 15.6 Å². The molecule has 1 aliphatic rings. The van der Waals surface area contributed by atoms with E-state index in [4.69, 9.17) is 0 Å². The van der Waals surface area contributed by atoms with Crippen LogP contribution >= 0.6 is 15.9 Å². The van der Waals surface area contributed by atoms with Crippen molar-refractivity contribution in [1.29, 1.82) is 5.26 Å². The Labute approximate surface area is 149 Å². The molecule has 1 fully saturated rings. The normalized spacial score (nSPS) is 25.9. The van der Waals surface area contributed by atoms with E-state index in [0.29, 0.717) is 0 Å². The number of halogens is 1. The van der Waals surface area contributed by atoms with Gasteiger partial charge in [0, 0.05) is 10.4 Å². The van der Waals surface area contributed by atoms with E-state index < -0.39 is 33.0 Å². The van der Waals surface area contributed by atoms with Crippen molar-refractivity contribution in [3.05, 3.63) is 64.1 Å². The molecule has 2 aromatic carbocycles. The van der Waals surface area contributed by atoms with E-state index >= 15 is 0 Å². The Morgan fingerprint density at radius 2 is 1.75 bits per heavy atom. The zero-order valence-corrected chi connectivity index (χ0v) is 15.4. The summed E-state index contributed by atoms with van der Waals surface area (Å²) >= 11 is 3.34. The first-order valence-electron chi connectivity index (χ1n) is 7.45. The Bertz CT molecular complexity index is 901. The lowest BCUT2D eigenvalue weighted by Gasteiger charge is -2.06. The summed E-state index contributed by atoms with van der Waals surface area (Å²) < 4.78 is 26.9. The number of hydrogen-bond donors (Lipinski definition) is 1. The van der Waals surface area contributed by atoms with Crippen LogP contribution in [0, 0.1) is 23.7 Å². The van der Waals surface area contributed by atoms with E-state index in [1.807, 2.05) is 19.1 Å². The minimum Gasteiger partial charge on any atom is -0.395 e. The Morgan fingerprint density at radius 3 is 2.25 bits per heavy atom. The van der Waals surface area contributed by atoms with Crippen molar-refractivity contribution < 1.29 is 13.5 Å². The van der Waals surface area contributed by atoms with Crippen LogP contribution in [0.25, 0.3) is 0 Å². The lowest BCUT2D eigenvalue weighted by atomic mass is 10.0. The first-order chi connectivity index (χ1) is 11.4. The van der Waals surface area contributed by atoms with Crippen molar-refractivity contribution >= 4 is 25.8 Å². The maximum atomic E-state index is 13.0. The standard InChI is InChI=1S/C18H16BrNO3S/c1-12-2-8-15(9-3-12)24(22,23)17-16(18(17,10-20)11-21)13-4-6-14(19)7-5-13/h2-9,16-17,21H,11H2,1H3/t16-,17-,18-/m1/s1. The van der Waals surface area contributed by atoms with Gasteiger partial charge in [0.25, 0.3) is 0 Å². The fourth-order valence-electron chi connectivity index (χ4n) is 3.23. The van der Waals surface area contributed by atoms with Crippen molar-refractivity contribution in [3.63, 3.8) is 0 Å². The Morgan fingerprint density at radius 1 is 1.17 bits per heavy atom. The molecule has 1 saturated carbocycles. The van der Waals surface area contributed by atoms with Gasteiger partial charge in [0.1, 0.15) is 5.41 Å². The van der Waals surface area contributed by atoms with Crippen LogP contribution in [0.1, 0.15) is 17.0 Å². The Balaban J connectivity index is 2.06. The third-order valence-electron chi connectivity index (χ3n) is 4.64. The van der Waals surface area contributed by atoms with Gasteiger partial charge >= 0.3 is 0 Å². The van der Waals surface area contributed by atoms with E-state index in [1.165, 1.54) is 0 Å². The number of nitrogens with zero attached hydrogens (tertiary/aromatic N) is 1. The summed E-state index contributed by atoms with van der Waals surface area (Å²) in [6.45, 7) is 1.39. The van der Waals surface area contributed by atoms with Crippen LogP contribution in [0.4, 0.5) is 0 Å². The Hall–Kier alpha value is -1.68. The Kier molecular flexibility index (Phi) is 4.28. The van der Waals surface area contributed by atoms with Crippen LogP contribution in [0.5, 0.6) is 0 Å². The second kappa shape index (κ2) is 5.99. The number of aryl methyl sites for hydroxylation is 1. The van der Waals surface area contributed by atoms with Gasteiger partial charge in [-0.15, -0.1) is 0 Å². The van der Waals surface area contributed by atoms with Crippen LogP contribution in [-0.4, -0.2) is 25.4 Å². The molecule has 0 spiro atoms. The second-order valence-electron chi connectivity index (χ2n) is 6.12. The van der Waals surface area contributed by atoms with Crippen molar-refractivity contribution in [2.45, 2.75) is 23.0 Å². The lowest BCUT2D eigenvalue weighted by molar-refractivity contribution is 0.242. The molecular weight excluding hydrogens is 390 g/mol. The number of benzene rings is 2. The summed E-state index contributed by atoms with van der Waals surface area (Å²) in [5.74, 6) is -0.535. The molecule has 0 bridgehead atoms. The highest BCUT2D eigenvalue weighted by Crippen LogP contribution is 2.63. The van der Waals surface area contributed by atoms with Crippen molar-refractivity contribution in [2.24, 2.45) is 5.41 Å². The first-order valence-corrected chi connectivity index (χ1v) is 9.79. The molecular formula is C18H16BrNO3S. The SMILES string of the molecule is Cc1ccc(S(=O)(=O)[C@@H]2[C@@H](c3ccc(Br)cc3)[C@@]2(C#N)CO)cc1. The molecule has 0 saturated heterocycles. The summed E-state index contributed by atoms with van der Waals surface area (Å²) in [7, 11) is -3.72. The number of nitriles is 1. The maximum absolute atomic E-state index is 13.0. The highest BCUT2D eigenvalue weighted by Gasteiger charge is 2.72. The minimum absolute atomic E-state index is 0.186. The highest BCUT2D eigenvalue weighted by molar-refractivity contribution is 9.10. The molecule has 3 atom stereocenters. The third kappa shape index (κ3) is 2.57. The quantitative estimate of drug-likeness (QED) is 0.846. The summed E-state index contributed by atoms with van der Waals surface area (Å²) in [6, 6.07) is 15.8. The molecule has 1 N–H and O–H groups in total. The van der Waals surface area contributed by atoms with Gasteiger partial charge in [-0.2, -0.15) is 5.26 Å². The van der Waals surface area contributed by atoms with E-state index in [2.05, 4.69) is 22.0 Å². The molecule has 124 valence electrons. The average molecular weight is 406 g/mol. The molecule has 4 nitrogen and oxygen atoms in total. The van der Waals surface area contributed by atoms with Crippen LogP contribution in [0.3, 0.4) is 0 Å². The maximum Gasteiger partial charge on any atom is 0.183 e. The van der Waals surface area contributed by atoms with Gasteiger partial charge < -0.3 is 5.11 Å².